The van der Waals surface area contributed by atoms with Gasteiger partial charge in [-0.25, -0.2) is 0 Å². The molecule has 0 spiro atoms. The number of Topliss-reactive ketones (excluding diaryl/α,β-unsaturated/α-hetero) is 2. The van der Waals surface area contributed by atoms with E-state index < -0.39 is 5.41 Å². The Hall–Kier alpha value is -1.72. The van der Waals surface area contributed by atoms with Gasteiger partial charge in [0, 0.05) is 30.3 Å². The fraction of sp³-hybridized carbons (Fsp3) is 0.826. The van der Waals surface area contributed by atoms with Gasteiger partial charge in [-0.05, 0) is 58.3 Å². The highest BCUT2D eigenvalue weighted by molar-refractivity contribution is 5.93. The Morgan fingerprint density at radius 2 is 1.10 bits per heavy atom. The lowest BCUT2D eigenvalue weighted by Gasteiger charge is -2.35. The second-order valence-electron chi connectivity index (χ2n) is 10.2. The van der Waals surface area contributed by atoms with E-state index >= 15 is 0 Å². The number of hydrogen-bond donors (Lipinski definition) is 0. The maximum absolute atomic E-state index is 13.2. The van der Waals surface area contributed by atoms with Gasteiger partial charge in [0.25, 0.3) is 0 Å². The number of ketones is 2. The van der Waals surface area contributed by atoms with Crippen LogP contribution in [0.5, 0.6) is 0 Å². The third kappa shape index (κ3) is 4.56. The first-order valence-electron chi connectivity index (χ1n) is 11.3. The third-order valence-corrected chi connectivity index (χ3v) is 7.01. The van der Waals surface area contributed by atoms with E-state index in [1.165, 1.54) is 0 Å². The van der Waals surface area contributed by atoms with Crippen LogP contribution in [0.1, 0.15) is 79.1 Å². The summed E-state index contributed by atoms with van der Waals surface area (Å²) < 4.78 is 0. The van der Waals surface area contributed by atoms with Gasteiger partial charge in [-0.15, -0.1) is 0 Å². The molecule has 2 aliphatic heterocycles. The molecule has 0 N–H and O–H groups in total. The van der Waals surface area contributed by atoms with Crippen molar-refractivity contribution in [2.45, 2.75) is 91.1 Å². The van der Waals surface area contributed by atoms with Crippen LogP contribution in [0.3, 0.4) is 0 Å². The first kappa shape index (κ1) is 22.0. The van der Waals surface area contributed by atoms with Crippen LogP contribution in [0.2, 0.25) is 0 Å². The molecular weight excluding hydrogens is 368 g/mol. The Morgan fingerprint density at radius 1 is 0.690 bits per heavy atom. The molecule has 2 amide bonds. The van der Waals surface area contributed by atoms with Crippen molar-refractivity contribution in [3.63, 3.8) is 0 Å². The highest BCUT2D eigenvalue weighted by Gasteiger charge is 2.43. The zero-order valence-electron chi connectivity index (χ0n) is 18.4. The summed E-state index contributed by atoms with van der Waals surface area (Å²) in [6.07, 6.45) is 6.09. The number of likely N-dealkylation sites (tertiary alicyclic amines) is 2. The van der Waals surface area contributed by atoms with Crippen molar-refractivity contribution < 1.29 is 19.2 Å². The van der Waals surface area contributed by atoms with E-state index in [1.54, 1.807) is 11.8 Å². The zero-order valence-corrected chi connectivity index (χ0v) is 18.4. The van der Waals surface area contributed by atoms with E-state index in [0.29, 0.717) is 38.8 Å². The van der Waals surface area contributed by atoms with Gasteiger partial charge < -0.3 is 9.80 Å². The molecule has 162 valence electrons. The number of carbonyl (C=O) groups excluding carboxylic acids is 4. The maximum atomic E-state index is 13.2. The number of hydrogen-bond acceptors (Lipinski definition) is 4. The summed E-state index contributed by atoms with van der Waals surface area (Å²) in [5.74, 6) is 0.244. The van der Waals surface area contributed by atoms with Crippen LogP contribution < -0.4 is 0 Å². The van der Waals surface area contributed by atoms with Gasteiger partial charge in [0.1, 0.15) is 0 Å². The van der Waals surface area contributed by atoms with Gasteiger partial charge in [0.15, 0.2) is 11.6 Å². The SMILES string of the molecule is CC(=O)[C@@H]1CCCN1C(=O)C1CCC(C(=O)N2CCC[C@H]2C(=O)C(C)(C)C)CC1. The van der Waals surface area contributed by atoms with E-state index in [2.05, 4.69) is 0 Å². The second kappa shape index (κ2) is 8.57. The minimum Gasteiger partial charge on any atom is -0.332 e. The summed E-state index contributed by atoms with van der Waals surface area (Å²) in [4.78, 5) is 54.3. The largest absolute Gasteiger partial charge is 0.332 e. The molecule has 6 nitrogen and oxygen atoms in total. The van der Waals surface area contributed by atoms with Gasteiger partial charge in [-0.3, -0.25) is 19.2 Å². The summed E-state index contributed by atoms with van der Waals surface area (Å²) in [5, 5.41) is 0. The molecule has 0 aromatic heterocycles. The molecule has 29 heavy (non-hydrogen) atoms. The molecule has 6 heteroatoms. The number of amides is 2. The predicted octanol–water partition coefficient (Wildman–Crippen LogP) is 2.98. The lowest BCUT2D eigenvalue weighted by molar-refractivity contribution is -0.146. The van der Waals surface area contributed by atoms with Gasteiger partial charge in [0.05, 0.1) is 12.1 Å². The molecule has 0 aromatic rings. The topological polar surface area (TPSA) is 74.8 Å². The Bertz CT molecular complexity index is 673. The zero-order chi connectivity index (χ0) is 21.3. The number of carbonyl (C=O) groups is 4. The van der Waals surface area contributed by atoms with Crippen molar-refractivity contribution in [1.29, 1.82) is 0 Å². The summed E-state index contributed by atoms with van der Waals surface area (Å²) in [6, 6.07) is -0.543. The van der Waals surface area contributed by atoms with Crippen LogP contribution >= 0.6 is 0 Å². The molecule has 2 atom stereocenters. The molecule has 1 aliphatic carbocycles. The summed E-state index contributed by atoms with van der Waals surface area (Å²) in [7, 11) is 0. The van der Waals surface area contributed by atoms with Crippen LogP contribution in [0.15, 0.2) is 0 Å². The molecule has 3 aliphatic rings. The fourth-order valence-corrected chi connectivity index (χ4v) is 5.31. The first-order valence-corrected chi connectivity index (χ1v) is 11.3. The van der Waals surface area contributed by atoms with E-state index in [-0.39, 0.29) is 47.3 Å². The van der Waals surface area contributed by atoms with E-state index in [9.17, 15) is 19.2 Å². The highest BCUT2D eigenvalue weighted by Crippen LogP contribution is 2.35. The summed E-state index contributed by atoms with van der Waals surface area (Å²) in [5.41, 5.74) is -0.444. The molecule has 0 radical (unpaired) electrons. The first-order chi connectivity index (χ1) is 13.6. The molecule has 2 saturated heterocycles. The molecule has 0 unspecified atom stereocenters. The normalized spacial score (nSPS) is 30.5. The molecule has 2 heterocycles. The van der Waals surface area contributed by atoms with Crippen molar-refractivity contribution in [3.05, 3.63) is 0 Å². The molecular formula is C23H36N2O4. The minimum absolute atomic E-state index is 0.0725. The van der Waals surface area contributed by atoms with Crippen LogP contribution in [-0.4, -0.2) is 58.4 Å². The quantitative estimate of drug-likeness (QED) is 0.722. The van der Waals surface area contributed by atoms with Crippen LogP contribution in [-0.2, 0) is 19.2 Å². The summed E-state index contributed by atoms with van der Waals surface area (Å²) in [6.45, 7) is 8.65. The van der Waals surface area contributed by atoms with Gasteiger partial charge >= 0.3 is 0 Å². The van der Waals surface area contributed by atoms with Crippen molar-refractivity contribution in [1.82, 2.24) is 9.80 Å². The van der Waals surface area contributed by atoms with Gasteiger partial charge in [-0.2, -0.15) is 0 Å². The van der Waals surface area contributed by atoms with Crippen LogP contribution in [0, 0.1) is 17.3 Å². The average Bonchev–Trinajstić information content (AvgIpc) is 3.35. The lowest BCUT2D eigenvalue weighted by atomic mass is 9.80. The molecule has 0 bridgehead atoms. The minimum atomic E-state index is -0.444. The maximum Gasteiger partial charge on any atom is 0.226 e. The van der Waals surface area contributed by atoms with Crippen LogP contribution in [0.25, 0.3) is 0 Å². The second-order valence-corrected chi connectivity index (χ2v) is 10.2. The van der Waals surface area contributed by atoms with Gasteiger partial charge in [0.2, 0.25) is 11.8 Å². The van der Waals surface area contributed by atoms with Crippen molar-refractivity contribution in [3.8, 4) is 0 Å². The summed E-state index contributed by atoms with van der Waals surface area (Å²) >= 11 is 0. The number of nitrogens with zero attached hydrogens (tertiary/aromatic N) is 2. The Morgan fingerprint density at radius 3 is 1.52 bits per heavy atom. The smallest absolute Gasteiger partial charge is 0.226 e. The van der Waals surface area contributed by atoms with E-state index in [4.69, 9.17) is 0 Å². The predicted molar refractivity (Wildman–Crippen MR) is 110 cm³/mol. The number of rotatable bonds is 4. The van der Waals surface area contributed by atoms with Crippen molar-refractivity contribution >= 4 is 23.4 Å². The van der Waals surface area contributed by atoms with Crippen LogP contribution in [0.4, 0.5) is 0 Å². The Labute approximate surface area is 174 Å². The van der Waals surface area contributed by atoms with Crippen molar-refractivity contribution in [2.75, 3.05) is 13.1 Å². The lowest BCUT2D eigenvalue weighted by Crippen LogP contribution is -2.48. The molecule has 3 fully saturated rings. The van der Waals surface area contributed by atoms with Gasteiger partial charge in [-0.1, -0.05) is 20.8 Å². The molecule has 0 aromatic carbocycles. The van der Waals surface area contributed by atoms with Crippen molar-refractivity contribution in [2.24, 2.45) is 17.3 Å². The fourth-order valence-electron chi connectivity index (χ4n) is 5.31. The van der Waals surface area contributed by atoms with E-state index in [0.717, 1.165) is 25.7 Å². The third-order valence-electron chi connectivity index (χ3n) is 7.01. The monoisotopic (exact) mass is 404 g/mol. The molecule has 3 rings (SSSR count). The highest BCUT2D eigenvalue weighted by atomic mass is 16.2. The Balaban J connectivity index is 1.57. The average molecular weight is 405 g/mol. The Kier molecular flexibility index (Phi) is 6.49. The molecule has 1 saturated carbocycles. The standard InChI is InChI=1S/C23H36N2O4/c1-15(26)18-7-5-13-24(18)21(28)16-9-11-17(12-10-16)22(29)25-14-6-8-19(25)20(27)23(2,3)4/h16-19H,5-14H2,1-4H3/t16?,17?,18-,19-/m0/s1. The van der Waals surface area contributed by atoms with E-state index in [1.807, 2.05) is 25.7 Å².